The van der Waals surface area contributed by atoms with E-state index in [9.17, 15) is 9.59 Å². The van der Waals surface area contributed by atoms with Gasteiger partial charge in [-0.1, -0.05) is 25.5 Å². The van der Waals surface area contributed by atoms with Crippen LogP contribution in [0.2, 0.25) is 0 Å². The lowest BCUT2D eigenvalue weighted by atomic mass is 9.46. The molecule has 0 aromatic carbocycles. The summed E-state index contributed by atoms with van der Waals surface area (Å²) >= 11 is 0. The minimum absolute atomic E-state index is 0.0380. The van der Waals surface area contributed by atoms with Crippen LogP contribution in [-0.4, -0.2) is 19.0 Å². The number of hydrogen-bond donors (Lipinski definition) is 0. The van der Waals surface area contributed by atoms with Crippen molar-refractivity contribution in [3.63, 3.8) is 0 Å². The molecule has 0 radical (unpaired) electrons. The lowest BCUT2D eigenvalue weighted by molar-refractivity contribution is -0.168. The molecule has 0 amide bonds. The van der Waals surface area contributed by atoms with Gasteiger partial charge in [0.05, 0.1) is 18.8 Å². The Morgan fingerprint density at radius 1 is 1.31 bits per heavy atom. The third-order valence-corrected chi connectivity index (χ3v) is 7.62. The van der Waals surface area contributed by atoms with Gasteiger partial charge in [0.1, 0.15) is 12.4 Å². The summed E-state index contributed by atoms with van der Waals surface area (Å²) < 4.78 is 15.9. The van der Waals surface area contributed by atoms with E-state index in [0.29, 0.717) is 17.6 Å². The Bertz CT molecular complexity index is 778. The van der Waals surface area contributed by atoms with Crippen LogP contribution in [0.15, 0.2) is 28.9 Å². The van der Waals surface area contributed by atoms with Crippen LogP contribution in [0, 0.1) is 22.7 Å². The quantitative estimate of drug-likeness (QED) is 0.482. The van der Waals surface area contributed by atoms with Crippen LogP contribution >= 0.6 is 0 Å². The Labute approximate surface area is 173 Å². The summed E-state index contributed by atoms with van der Waals surface area (Å²) in [6.07, 6.45) is 8.45. The average molecular weight is 403 g/mol. The number of aryl methyl sites for hydroxylation is 1. The van der Waals surface area contributed by atoms with Crippen molar-refractivity contribution in [2.75, 3.05) is 7.11 Å². The van der Waals surface area contributed by atoms with E-state index >= 15 is 0 Å². The van der Waals surface area contributed by atoms with Crippen molar-refractivity contribution >= 4 is 11.9 Å². The second kappa shape index (κ2) is 8.37. The van der Waals surface area contributed by atoms with Gasteiger partial charge in [-0.25, -0.2) is 0 Å². The van der Waals surface area contributed by atoms with E-state index in [2.05, 4.69) is 20.4 Å². The van der Waals surface area contributed by atoms with Crippen molar-refractivity contribution in [1.29, 1.82) is 0 Å². The van der Waals surface area contributed by atoms with Gasteiger partial charge in [0, 0.05) is 6.92 Å². The molecule has 0 N–H and O–H groups in total. The first kappa shape index (κ1) is 21.7. The van der Waals surface area contributed by atoms with Crippen LogP contribution in [0.3, 0.4) is 0 Å². The summed E-state index contributed by atoms with van der Waals surface area (Å²) in [5.74, 6) is 0.982. The molecule has 4 atom stereocenters. The third-order valence-electron chi connectivity index (χ3n) is 7.62. The fourth-order valence-electron chi connectivity index (χ4n) is 6.14. The predicted molar refractivity (Wildman–Crippen MR) is 110 cm³/mol. The molecule has 2 saturated carbocycles. The summed E-state index contributed by atoms with van der Waals surface area (Å²) in [6.45, 7) is 10.4. The number of allylic oxidation sites excluding steroid dienone is 1. The molecule has 2 aliphatic rings. The molecule has 5 nitrogen and oxygen atoms in total. The van der Waals surface area contributed by atoms with Crippen molar-refractivity contribution in [3.05, 3.63) is 35.8 Å². The van der Waals surface area contributed by atoms with Gasteiger partial charge in [-0.3, -0.25) is 9.59 Å². The maximum absolute atomic E-state index is 12.7. The first-order chi connectivity index (χ1) is 13.7. The normalized spacial score (nSPS) is 31.8. The largest absolute Gasteiger partial charge is 0.469 e. The lowest BCUT2D eigenvalue weighted by Gasteiger charge is -2.57. The second-order valence-electron chi connectivity index (χ2n) is 9.26. The lowest BCUT2D eigenvalue weighted by Crippen LogP contribution is -2.53. The van der Waals surface area contributed by atoms with E-state index < -0.39 is 5.41 Å². The minimum atomic E-state index is -0.420. The number of carbonyl (C=O) groups is 2. The van der Waals surface area contributed by atoms with Crippen molar-refractivity contribution in [2.24, 2.45) is 22.7 Å². The summed E-state index contributed by atoms with van der Waals surface area (Å²) in [5.41, 5.74) is 1.99. The number of esters is 2. The van der Waals surface area contributed by atoms with Crippen LogP contribution in [-0.2, 0) is 32.1 Å². The zero-order valence-electron chi connectivity index (χ0n) is 18.2. The summed E-state index contributed by atoms with van der Waals surface area (Å²) in [4.78, 5) is 23.8. The monoisotopic (exact) mass is 402 g/mol. The van der Waals surface area contributed by atoms with E-state index in [1.54, 1.807) is 6.26 Å². The van der Waals surface area contributed by atoms with E-state index in [4.69, 9.17) is 13.9 Å². The number of carbonyl (C=O) groups excluding carboxylic acids is 2. The van der Waals surface area contributed by atoms with E-state index in [1.807, 2.05) is 6.07 Å². The van der Waals surface area contributed by atoms with Crippen LogP contribution < -0.4 is 0 Å². The molecule has 0 aliphatic heterocycles. The number of fused-ring (bicyclic) bond motifs is 1. The Balaban J connectivity index is 1.79. The molecule has 4 unspecified atom stereocenters. The number of methoxy groups -OCH3 is 1. The molecule has 0 spiro atoms. The van der Waals surface area contributed by atoms with Gasteiger partial charge in [-0.15, -0.1) is 0 Å². The highest BCUT2D eigenvalue weighted by molar-refractivity contribution is 5.77. The number of rotatable bonds is 6. The maximum Gasteiger partial charge on any atom is 0.311 e. The van der Waals surface area contributed by atoms with Gasteiger partial charge in [-0.2, -0.15) is 0 Å². The van der Waals surface area contributed by atoms with Crippen molar-refractivity contribution < 1.29 is 23.5 Å². The molecular weight excluding hydrogens is 368 g/mol. The highest BCUT2D eigenvalue weighted by atomic mass is 16.5. The molecule has 1 heterocycles. The summed E-state index contributed by atoms with van der Waals surface area (Å²) in [7, 11) is 1.50. The van der Waals surface area contributed by atoms with E-state index in [0.717, 1.165) is 50.5 Å². The van der Waals surface area contributed by atoms with Gasteiger partial charge in [0.25, 0.3) is 0 Å². The van der Waals surface area contributed by atoms with Crippen LogP contribution in [0.4, 0.5) is 0 Å². The number of hydrogen-bond acceptors (Lipinski definition) is 5. The van der Waals surface area contributed by atoms with Crippen molar-refractivity contribution in [3.8, 4) is 0 Å². The molecule has 160 valence electrons. The highest BCUT2D eigenvalue weighted by Crippen LogP contribution is 2.62. The minimum Gasteiger partial charge on any atom is -0.469 e. The smallest absolute Gasteiger partial charge is 0.311 e. The molecule has 1 aromatic heterocycles. The molecule has 1 aromatic rings. The van der Waals surface area contributed by atoms with Gasteiger partial charge >= 0.3 is 11.9 Å². The molecule has 0 bridgehead atoms. The number of furan rings is 1. The number of ether oxygens (including phenoxy) is 2. The Morgan fingerprint density at radius 2 is 2.07 bits per heavy atom. The van der Waals surface area contributed by atoms with Gasteiger partial charge in [0.15, 0.2) is 0 Å². The Kier molecular flexibility index (Phi) is 6.25. The standard InChI is InChI=1S/C24H34O5/c1-16-7-10-21-23(3,12-6-13-24(21,4)22(26)27-5)19(16)9-8-18-11-14-28-20(18)15-29-17(2)25/h11,14,19,21H,1,6-10,12-13,15H2,2-5H3. The average Bonchev–Trinajstić information content (AvgIpc) is 3.12. The fourth-order valence-corrected chi connectivity index (χ4v) is 6.14. The van der Waals surface area contributed by atoms with Crippen molar-refractivity contribution in [1.82, 2.24) is 0 Å². The SMILES string of the molecule is C=C1CCC2C(C)(C(=O)OC)CCCC2(C)C1CCc1ccoc1COC(C)=O. The Morgan fingerprint density at radius 3 is 2.76 bits per heavy atom. The molecule has 29 heavy (non-hydrogen) atoms. The van der Waals surface area contributed by atoms with Gasteiger partial charge in [-0.05, 0) is 74.3 Å². The molecule has 2 fully saturated rings. The first-order valence-corrected chi connectivity index (χ1v) is 10.7. The zero-order chi connectivity index (χ0) is 21.2. The summed E-state index contributed by atoms with van der Waals surface area (Å²) in [6, 6.07) is 1.96. The molecule has 2 aliphatic carbocycles. The fraction of sp³-hybridized carbons (Fsp3) is 0.667. The topological polar surface area (TPSA) is 65.7 Å². The molecular formula is C24H34O5. The third kappa shape index (κ3) is 4.01. The zero-order valence-corrected chi connectivity index (χ0v) is 18.2. The van der Waals surface area contributed by atoms with Crippen LogP contribution in [0.5, 0.6) is 0 Å². The van der Waals surface area contributed by atoms with Crippen molar-refractivity contribution in [2.45, 2.75) is 72.3 Å². The maximum atomic E-state index is 12.7. The molecule has 0 saturated heterocycles. The summed E-state index contributed by atoms with van der Waals surface area (Å²) in [5, 5.41) is 0. The van der Waals surface area contributed by atoms with Gasteiger partial charge in [0.2, 0.25) is 0 Å². The van der Waals surface area contributed by atoms with Crippen LogP contribution in [0.25, 0.3) is 0 Å². The molecule has 3 rings (SSSR count). The van der Waals surface area contributed by atoms with Gasteiger partial charge < -0.3 is 13.9 Å². The molecule has 5 heteroatoms. The second-order valence-corrected chi connectivity index (χ2v) is 9.26. The predicted octanol–water partition coefficient (Wildman–Crippen LogP) is 5.23. The van der Waals surface area contributed by atoms with Crippen LogP contribution in [0.1, 0.15) is 70.6 Å². The first-order valence-electron chi connectivity index (χ1n) is 10.7. The van der Waals surface area contributed by atoms with E-state index in [-0.39, 0.29) is 24.0 Å². The van der Waals surface area contributed by atoms with E-state index in [1.165, 1.54) is 19.6 Å². The highest BCUT2D eigenvalue weighted by Gasteiger charge is 2.57. The Hall–Kier alpha value is -2.04.